The monoisotopic (exact) mass is 395 g/mol. The maximum atomic E-state index is 12.6. The summed E-state index contributed by atoms with van der Waals surface area (Å²) in [4.78, 5) is 26.5. The van der Waals surface area contributed by atoms with E-state index < -0.39 is 5.97 Å². The highest BCUT2D eigenvalue weighted by Crippen LogP contribution is 2.23. The highest BCUT2D eigenvalue weighted by molar-refractivity contribution is 5.87. The topological polar surface area (TPSA) is 69.0 Å². The van der Waals surface area contributed by atoms with Crippen molar-refractivity contribution in [3.63, 3.8) is 0 Å². The van der Waals surface area contributed by atoms with Crippen molar-refractivity contribution in [2.75, 3.05) is 26.9 Å². The number of benzene rings is 2. The van der Waals surface area contributed by atoms with Crippen LogP contribution in [0.3, 0.4) is 0 Å². The molecular formula is C23H25NO5. The Balaban J connectivity index is 1.57. The molecule has 29 heavy (non-hydrogen) atoms. The lowest BCUT2D eigenvalue weighted by Gasteiger charge is -2.22. The van der Waals surface area contributed by atoms with Gasteiger partial charge in [0.05, 0.1) is 19.3 Å². The zero-order valence-electron chi connectivity index (χ0n) is 16.7. The fourth-order valence-corrected chi connectivity index (χ4v) is 3.06. The standard InChI is InChI=1S/C23H25NO5/c1-17-8-9-20-19(15-28-21(20)12-17)13-23(26)29-16-22(25)24(10-11-27-2)14-18-6-4-3-5-7-18/h3-9,12,15H,10-11,13-14,16H2,1-2H3. The third-order valence-corrected chi connectivity index (χ3v) is 4.64. The maximum Gasteiger partial charge on any atom is 0.310 e. The van der Waals surface area contributed by atoms with Crippen LogP contribution in [-0.4, -0.2) is 43.6 Å². The van der Waals surface area contributed by atoms with Crippen molar-refractivity contribution in [1.29, 1.82) is 0 Å². The van der Waals surface area contributed by atoms with Crippen LogP contribution in [0.1, 0.15) is 16.7 Å². The number of furan rings is 1. The van der Waals surface area contributed by atoms with Gasteiger partial charge in [-0.1, -0.05) is 42.5 Å². The van der Waals surface area contributed by atoms with Gasteiger partial charge in [0.25, 0.3) is 5.91 Å². The molecule has 152 valence electrons. The van der Waals surface area contributed by atoms with Gasteiger partial charge in [-0.25, -0.2) is 0 Å². The summed E-state index contributed by atoms with van der Waals surface area (Å²) in [7, 11) is 1.59. The normalized spacial score (nSPS) is 10.8. The summed E-state index contributed by atoms with van der Waals surface area (Å²) in [5, 5.41) is 0.879. The van der Waals surface area contributed by atoms with Crippen molar-refractivity contribution in [1.82, 2.24) is 4.90 Å². The van der Waals surface area contributed by atoms with Crippen LogP contribution < -0.4 is 0 Å². The molecule has 3 rings (SSSR count). The van der Waals surface area contributed by atoms with E-state index in [0.717, 1.165) is 27.7 Å². The molecule has 3 aromatic rings. The van der Waals surface area contributed by atoms with Crippen LogP contribution in [0.4, 0.5) is 0 Å². The van der Waals surface area contributed by atoms with Crippen molar-refractivity contribution in [2.45, 2.75) is 19.9 Å². The number of ether oxygens (including phenoxy) is 2. The third-order valence-electron chi connectivity index (χ3n) is 4.64. The van der Waals surface area contributed by atoms with Crippen LogP contribution in [0.5, 0.6) is 0 Å². The molecule has 0 bridgehead atoms. The van der Waals surface area contributed by atoms with E-state index in [-0.39, 0.29) is 18.9 Å². The van der Waals surface area contributed by atoms with E-state index in [4.69, 9.17) is 13.9 Å². The Morgan fingerprint density at radius 2 is 1.90 bits per heavy atom. The molecule has 0 unspecified atom stereocenters. The predicted molar refractivity (Wildman–Crippen MR) is 109 cm³/mol. The molecule has 1 aromatic heterocycles. The minimum Gasteiger partial charge on any atom is -0.464 e. The molecule has 6 nitrogen and oxygen atoms in total. The molecule has 0 aliphatic heterocycles. The first-order valence-corrected chi connectivity index (χ1v) is 9.50. The van der Waals surface area contributed by atoms with Crippen LogP contribution in [0, 0.1) is 6.92 Å². The van der Waals surface area contributed by atoms with Crippen LogP contribution in [0.25, 0.3) is 11.0 Å². The molecule has 0 radical (unpaired) electrons. The predicted octanol–water partition coefficient (Wildman–Crippen LogP) is 3.50. The number of esters is 1. The Bertz CT molecular complexity index is 964. The number of rotatable bonds is 9. The van der Waals surface area contributed by atoms with E-state index in [1.165, 1.54) is 0 Å². The second-order valence-corrected chi connectivity index (χ2v) is 6.89. The van der Waals surface area contributed by atoms with E-state index in [2.05, 4.69) is 0 Å². The van der Waals surface area contributed by atoms with Gasteiger partial charge in [0, 0.05) is 31.1 Å². The molecule has 0 N–H and O–H groups in total. The van der Waals surface area contributed by atoms with Crippen molar-refractivity contribution >= 4 is 22.8 Å². The molecule has 0 saturated heterocycles. The van der Waals surface area contributed by atoms with Crippen LogP contribution >= 0.6 is 0 Å². The quantitative estimate of drug-likeness (QED) is 0.519. The zero-order valence-corrected chi connectivity index (χ0v) is 16.7. The second-order valence-electron chi connectivity index (χ2n) is 6.89. The Hall–Kier alpha value is -3.12. The highest BCUT2D eigenvalue weighted by atomic mass is 16.5. The first-order chi connectivity index (χ1) is 14.1. The number of methoxy groups -OCH3 is 1. The molecule has 0 saturated carbocycles. The van der Waals surface area contributed by atoms with Crippen molar-refractivity contribution in [3.8, 4) is 0 Å². The molecule has 2 aromatic carbocycles. The minimum absolute atomic E-state index is 0.0557. The number of nitrogens with zero attached hydrogens (tertiary/aromatic N) is 1. The second kappa shape index (κ2) is 9.89. The molecule has 0 fully saturated rings. The SMILES string of the molecule is COCCN(Cc1ccccc1)C(=O)COC(=O)Cc1coc2cc(C)ccc12. The number of aryl methyl sites for hydroxylation is 1. The van der Waals surface area contributed by atoms with Gasteiger partial charge in [-0.3, -0.25) is 9.59 Å². The smallest absolute Gasteiger partial charge is 0.310 e. The Morgan fingerprint density at radius 1 is 1.10 bits per heavy atom. The van der Waals surface area contributed by atoms with Gasteiger partial charge in [-0.2, -0.15) is 0 Å². The number of carbonyl (C=O) groups is 2. The number of hydrogen-bond acceptors (Lipinski definition) is 5. The third kappa shape index (κ3) is 5.68. The lowest BCUT2D eigenvalue weighted by molar-refractivity contribution is -0.152. The van der Waals surface area contributed by atoms with E-state index in [1.54, 1.807) is 18.3 Å². The van der Waals surface area contributed by atoms with E-state index in [9.17, 15) is 9.59 Å². The van der Waals surface area contributed by atoms with Gasteiger partial charge in [-0.05, 0) is 24.1 Å². The molecule has 1 amide bonds. The van der Waals surface area contributed by atoms with Gasteiger partial charge in [0.2, 0.25) is 0 Å². The van der Waals surface area contributed by atoms with Crippen molar-refractivity contribution < 1.29 is 23.5 Å². The minimum atomic E-state index is -0.465. The lowest BCUT2D eigenvalue weighted by Crippen LogP contribution is -2.36. The Labute approximate surface area is 170 Å². The molecule has 0 spiro atoms. The number of carbonyl (C=O) groups excluding carboxylic acids is 2. The number of amides is 1. The van der Waals surface area contributed by atoms with Gasteiger partial charge in [-0.15, -0.1) is 0 Å². The molecule has 0 aliphatic carbocycles. The summed E-state index contributed by atoms with van der Waals surface area (Å²) in [6.07, 6.45) is 1.62. The van der Waals surface area contributed by atoms with Crippen molar-refractivity contribution in [3.05, 3.63) is 71.5 Å². The average Bonchev–Trinajstić information content (AvgIpc) is 3.11. The lowest BCUT2D eigenvalue weighted by atomic mass is 10.1. The fourth-order valence-electron chi connectivity index (χ4n) is 3.06. The maximum absolute atomic E-state index is 12.6. The van der Waals surface area contributed by atoms with Crippen LogP contribution in [0.2, 0.25) is 0 Å². The van der Waals surface area contributed by atoms with Gasteiger partial charge < -0.3 is 18.8 Å². The van der Waals surface area contributed by atoms with Gasteiger partial charge in [0.1, 0.15) is 5.58 Å². The van der Waals surface area contributed by atoms with E-state index in [1.807, 2.05) is 55.5 Å². The van der Waals surface area contributed by atoms with Gasteiger partial charge in [0.15, 0.2) is 6.61 Å². The summed E-state index contributed by atoms with van der Waals surface area (Å²) in [6, 6.07) is 15.5. The van der Waals surface area contributed by atoms with Crippen molar-refractivity contribution in [2.24, 2.45) is 0 Å². The summed E-state index contributed by atoms with van der Waals surface area (Å²) < 4.78 is 15.8. The Morgan fingerprint density at radius 3 is 2.66 bits per heavy atom. The van der Waals surface area contributed by atoms with E-state index in [0.29, 0.717) is 19.7 Å². The summed E-state index contributed by atoms with van der Waals surface area (Å²) in [5.74, 6) is -0.722. The molecule has 1 heterocycles. The summed E-state index contributed by atoms with van der Waals surface area (Å²) in [6.45, 7) is 2.95. The van der Waals surface area contributed by atoms with Crippen LogP contribution in [0.15, 0.2) is 59.2 Å². The first kappa shape index (κ1) is 20.6. The fraction of sp³-hybridized carbons (Fsp3) is 0.304. The van der Waals surface area contributed by atoms with Crippen LogP contribution in [-0.2, 0) is 32.0 Å². The zero-order chi connectivity index (χ0) is 20.6. The average molecular weight is 395 g/mol. The van der Waals surface area contributed by atoms with E-state index >= 15 is 0 Å². The first-order valence-electron chi connectivity index (χ1n) is 9.50. The largest absolute Gasteiger partial charge is 0.464 e. The molecule has 6 heteroatoms. The summed E-state index contributed by atoms with van der Waals surface area (Å²) in [5.41, 5.74) is 3.57. The number of fused-ring (bicyclic) bond motifs is 1. The molecular weight excluding hydrogens is 370 g/mol. The summed E-state index contributed by atoms with van der Waals surface area (Å²) >= 11 is 0. The van der Waals surface area contributed by atoms with Gasteiger partial charge >= 0.3 is 5.97 Å². The number of hydrogen-bond donors (Lipinski definition) is 0. The highest BCUT2D eigenvalue weighted by Gasteiger charge is 2.17. The molecule has 0 atom stereocenters. The Kier molecular flexibility index (Phi) is 7.03. The molecule has 0 aliphatic rings.